The molecule has 0 atom stereocenters. The highest BCUT2D eigenvalue weighted by Gasteiger charge is 2.30. The SMILES string of the molecule is CCn1cnc2c1c(=O)n(CC(C)=O)c(=O)n2C1CC1. The van der Waals surface area contributed by atoms with Gasteiger partial charge in [0.05, 0.1) is 12.9 Å². The standard InChI is InChI=1S/C13H16N4O3/c1-3-15-7-14-11-10(15)12(19)16(6-8(2)18)13(20)17(11)9-4-5-9/h7,9H,3-6H2,1-2H3. The molecule has 106 valence electrons. The number of carbonyl (C=O) groups is 1. The number of ketones is 1. The average Bonchev–Trinajstić information content (AvgIpc) is 3.13. The number of Topliss-reactive ketones (excluding diaryl/α,β-unsaturated/α-hetero) is 1. The molecule has 2 heterocycles. The van der Waals surface area contributed by atoms with Crippen LogP contribution >= 0.6 is 0 Å². The first-order valence-electron chi connectivity index (χ1n) is 6.74. The third kappa shape index (κ3) is 1.81. The van der Waals surface area contributed by atoms with E-state index in [2.05, 4.69) is 4.98 Å². The summed E-state index contributed by atoms with van der Waals surface area (Å²) in [6.45, 7) is 3.68. The fraction of sp³-hybridized carbons (Fsp3) is 0.538. The molecule has 0 spiro atoms. The molecule has 2 aromatic heterocycles. The van der Waals surface area contributed by atoms with E-state index in [1.54, 1.807) is 15.5 Å². The maximum absolute atomic E-state index is 12.5. The highest BCUT2D eigenvalue weighted by atomic mass is 16.2. The summed E-state index contributed by atoms with van der Waals surface area (Å²) in [6, 6.07) is 0.101. The lowest BCUT2D eigenvalue weighted by molar-refractivity contribution is -0.117. The van der Waals surface area contributed by atoms with Crippen LogP contribution in [0.4, 0.5) is 0 Å². The van der Waals surface area contributed by atoms with Gasteiger partial charge in [0.25, 0.3) is 5.56 Å². The molecule has 1 aliphatic rings. The fourth-order valence-corrected chi connectivity index (χ4v) is 2.47. The minimum atomic E-state index is -0.434. The van der Waals surface area contributed by atoms with Crippen molar-refractivity contribution in [1.29, 1.82) is 0 Å². The van der Waals surface area contributed by atoms with Crippen molar-refractivity contribution in [1.82, 2.24) is 18.7 Å². The molecule has 2 aromatic rings. The van der Waals surface area contributed by atoms with Crippen LogP contribution in [0.5, 0.6) is 0 Å². The summed E-state index contributed by atoms with van der Waals surface area (Å²) in [5, 5.41) is 0. The Hall–Kier alpha value is -2.18. The van der Waals surface area contributed by atoms with Crippen molar-refractivity contribution in [3.8, 4) is 0 Å². The number of hydrogen-bond acceptors (Lipinski definition) is 4. The fourth-order valence-electron chi connectivity index (χ4n) is 2.47. The summed E-state index contributed by atoms with van der Waals surface area (Å²) >= 11 is 0. The molecule has 0 saturated heterocycles. The van der Waals surface area contributed by atoms with Crippen LogP contribution in [0.2, 0.25) is 0 Å². The maximum Gasteiger partial charge on any atom is 0.333 e. The first-order valence-corrected chi connectivity index (χ1v) is 6.74. The van der Waals surface area contributed by atoms with Gasteiger partial charge in [0.2, 0.25) is 0 Å². The van der Waals surface area contributed by atoms with Crippen molar-refractivity contribution in [3.05, 3.63) is 27.2 Å². The Morgan fingerprint density at radius 3 is 2.65 bits per heavy atom. The van der Waals surface area contributed by atoms with E-state index in [1.807, 2.05) is 6.92 Å². The van der Waals surface area contributed by atoms with Gasteiger partial charge in [-0.1, -0.05) is 0 Å². The van der Waals surface area contributed by atoms with Gasteiger partial charge in [0.15, 0.2) is 11.2 Å². The van der Waals surface area contributed by atoms with Crippen molar-refractivity contribution in [2.24, 2.45) is 0 Å². The molecule has 0 aliphatic heterocycles. The van der Waals surface area contributed by atoms with Gasteiger partial charge in [-0.15, -0.1) is 0 Å². The number of imidazole rings is 1. The Labute approximate surface area is 114 Å². The zero-order valence-electron chi connectivity index (χ0n) is 11.5. The van der Waals surface area contributed by atoms with Crippen molar-refractivity contribution >= 4 is 16.9 Å². The quantitative estimate of drug-likeness (QED) is 0.804. The molecule has 1 fully saturated rings. The van der Waals surface area contributed by atoms with E-state index in [9.17, 15) is 14.4 Å². The molecule has 3 rings (SSSR count). The Morgan fingerprint density at radius 1 is 1.40 bits per heavy atom. The van der Waals surface area contributed by atoms with E-state index in [1.165, 1.54) is 6.92 Å². The van der Waals surface area contributed by atoms with Crippen molar-refractivity contribution in [3.63, 3.8) is 0 Å². The summed E-state index contributed by atoms with van der Waals surface area (Å²) in [7, 11) is 0. The molecule has 0 N–H and O–H groups in total. The lowest BCUT2D eigenvalue weighted by Crippen LogP contribution is -2.41. The molecule has 0 radical (unpaired) electrons. The highest BCUT2D eigenvalue weighted by Crippen LogP contribution is 2.34. The van der Waals surface area contributed by atoms with Crippen LogP contribution in [-0.4, -0.2) is 24.5 Å². The van der Waals surface area contributed by atoms with Crippen LogP contribution < -0.4 is 11.2 Å². The summed E-state index contributed by atoms with van der Waals surface area (Å²) in [5.74, 6) is -0.214. The van der Waals surface area contributed by atoms with E-state index in [0.717, 1.165) is 17.4 Å². The monoisotopic (exact) mass is 276 g/mol. The minimum Gasteiger partial charge on any atom is -0.325 e. The second kappa shape index (κ2) is 4.43. The lowest BCUT2D eigenvalue weighted by atomic mass is 10.4. The number of hydrogen-bond donors (Lipinski definition) is 0. The molecular weight excluding hydrogens is 260 g/mol. The van der Waals surface area contributed by atoms with Crippen molar-refractivity contribution in [2.75, 3.05) is 0 Å². The largest absolute Gasteiger partial charge is 0.333 e. The first kappa shape index (κ1) is 12.8. The average molecular weight is 276 g/mol. The van der Waals surface area contributed by atoms with Crippen molar-refractivity contribution < 1.29 is 4.79 Å². The first-order chi connectivity index (χ1) is 9.54. The summed E-state index contributed by atoms with van der Waals surface area (Å²) in [6.07, 6.45) is 3.39. The molecule has 20 heavy (non-hydrogen) atoms. The number of rotatable bonds is 4. The van der Waals surface area contributed by atoms with Gasteiger partial charge < -0.3 is 4.57 Å². The number of fused-ring (bicyclic) bond motifs is 1. The smallest absolute Gasteiger partial charge is 0.325 e. The lowest BCUT2D eigenvalue weighted by Gasteiger charge is -2.10. The predicted molar refractivity (Wildman–Crippen MR) is 72.9 cm³/mol. The van der Waals surface area contributed by atoms with E-state index in [-0.39, 0.29) is 18.4 Å². The molecule has 7 heteroatoms. The molecule has 1 saturated carbocycles. The third-order valence-electron chi connectivity index (χ3n) is 3.56. The van der Waals surface area contributed by atoms with Gasteiger partial charge in [0.1, 0.15) is 5.78 Å². The molecule has 0 amide bonds. The van der Waals surface area contributed by atoms with Crippen LogP contribution in [0.15, 0.2) is 15.9 Å². The van der Waals surface area contributed by atoms with E-state index >= 15 is 0 Å². The molecule has 0 bridgehead atoms. The summed E-state index contributed by atoms with van der Waals surface area (Å²) < 4.78 is 4.30. The van der Waals surface area contributed by atoms with Crippen LogP contribution in [0.1, 0.15) is 32.7 Å². The van der Waals surface area contributed by atoms with Crippen molar-refractivity contribution in [2.45, 2.75) is 45.8 Å². The predicted octanol–water partition coefficient (Wildman–Crippen LogP) is 0.303. The Morgan fingerprint density at radius 2 is 2.10 bits per heavy atom. The van der Waals surface area contributed by atoms with Gasteiger partial charge in [-0.05, 0) is 26.7 Å². The Kier molecular flexibility index (Phi) is 2.84. The number of aryl methyl sites for hydroxylation is 1. The Bertz CT molecular complexity index is 807. The Balaban J connectivity index is 2.41. The van der Waals surface area contributed by atoms with Gasteiger partial charge in [-0.3, -0.25) is 18.7 Å². The summed E-state index contributed by atoms with van der Waals surface area (Å²) in [5.41, 5.74) is -0.0256. The third-order valence-corrected chi connectivity index (χ3v) is 3.56. The van der Waals surface area contributed by atoms with E-state index in [0.29, 0.717) is 17.7 Å². The van der Waals surface area contributed by atoms with Crippen LogP contribution in [-0.2, 0) is 17.9 Å². The molecule has 0 aromatic carbocycles. The molecule has 1 aliphatic carbocycles. The van der Waals surface area contributed by atoms with Crippen LogP contribution in [0.3, 0.4) is 0 Å². The van der Waals surface area contributed by atoms with Gasteiger partial charge in [0, 0.05) is 12.6 Å². The zero-order valence-corrected chi connectivity index (χ0v) is 11.5. The number of aromatic nitrogens is 4. The number of nitrogens with zero attached hydrogens (tertiary/aromatic N) is 4. The second-order valence-electron chi connectivity index (χ2n) is 5.18. The zero-order chi connectivity index (χ0) is 14.4. The molecular formula is C13H16N4O3. The van der Waals surface area contributed by atoms with E-state index < -0.39 is 11.2 Å². The van der Waals surface area contributed by atoms with Gasteiger partial charge in [-0.25, -0.2) is 9.78 Å². The summed E-state index contributed by atoms with van der Waals surface area (Å²) in [4.78, 5) is 40.4. The van der Waals surface area contributed by atoms with Gasteiger partial charge in [-0.2, -0.15) is 0 Å². The number of carbonyl (C=O) groups excluding carboxylic acids is 1. The topological polar surface area (TPSA) is 78.9 Å². The maximum atomic E-state index is 12.5. The minimum absolute atomic E-state index is 0.101. The highest BCUT2D eigenvalue weighted by molar-refractivity contribution is 5.76. The van der Waals surface area contributed by atoms with Crippen LogP contribution in [0.25, 0.3) is 11.2 Å². The molecule has 7 nitrogen and oxygen atoms in total. The second-order valence-corrected chi connectivity index (χ2v) is 5.18. The normalized spacial score (nSPS) is 14.9. The van der Waals surface area contributed by atoms with Gasteiger partial charge >= 0.3 is 5.69 Å². The van der Waals surface area contributed by atoms with Crippen LogP contribution in [0, 0.1) is 0 Å². The van der Waals surface area contributed by atoms with E-state index in [4.69, 9.17) is 0 Å². The molecule has 0 unspecified atom stereocenters.